The molecule has 0 amide bonds. The van der Waals surface area contributed by atoms with Gasteiger partial charge >= 0.3 is 0 Å². The summed E-state index contributed by atoms with van der Waals surface area (Å²) in [7, 11) is 0. The predicted molar refractivity (Wildman–Crippen MR) is 120 cm³/mol. The number of hydrogen-bond donors (Lipinski definition) is 0. The minimum absolute atomic E-state index is 0.00232. The Kier molecular flexibility index (Phi) is 7.75. The molecule has 0 spiro atoms. The van der Waals surface area contributed by atoms with Crippen molar-refractivity contribution >= 4 is 5.78 Å². The van der Waals surface area contributed by atoms with Crippen molar-refractivity contribution < 1.29 is 19.0 Å². The van der Waals surface area contributed by atoms with Crippen LogP contribution in [0.25, 0.3) is 11.1 Å². The van der Waals surface area contributed by atoms with Gasteiger partial charge < -0.3 is 19.1 Å². The van der Waals surface area contributed by atoms with Gasteiger partial charge in [0.1, 0.15) is 23.9 Å². The van der Waals surface area contributed by atoms with Gasteiger partial charge in [0.05, 0.1) is 13.2 Å². The quantitative estimate of drug-likeness (QED) is 0.410. The molecule has 0 radical (unpaired) electrons. The lowest BCUT2D eigenvalue weighted by Crippen LogP contribution is -2.28. The lowest BCUT2D eigenvalue weighted by Gasteiger charge is -2.19. The molecule has 1 aliphatic rings. The number of rotatable bonds is 12. The van der Waals surface area contributed by atoms with E-state index in [-0.39, 0.29) is 5.78 Å². The standard InChI is InChI=1S/C25H33NO4/c1-5-13-28-18-16-20-24(22(17-18)29-14-6-2)23-19(25(20)27)10-9-11-21(23)30-15-12-26(7-3)8-4/h9-11,16-17H,5-8,12-15H2,1-4H3. The van der Waals surface area contributed by atoms with Crippen LogP contribution in [0.15, 0.2) is 30.3 Å². The summed E-state index contributed by atoms with van der Waals surface area (Å²) in [5, 5.41) is 0. The van der Waals surface area contributed by atoms with E-state index in [1.807, 2.05) is 30.3 Å². The van der Waals surface area contributed by atoms with Crippen LogP contribution in [0.2, 0.25) is 0 Å². The second-order valence-electron chi connectivity index (χ2n) is 7.42. The van der Waals surface area contributed by atoms with Crippen molar-refractivity contribution in [1.29, 1.82) is 0 Å². The Hall–Kier alpha value is -2.53. The molecule has 0 unspecified atom stereocenters. The molecule has 0 fully saturated rings. The van der Waals surface area contributed by atoms with Crippen molar-refractivity contribution in [2.75, 3.05) is 39.5 Å². The van der Waals surface area contributed by atoms with Crippen molar-refractivity contribution in [2.24, 2.45) is 0 Å². The molecule has 2 aromatic carbocycles. The van der Waals surface area contributed by atoms with Crippen LogP contribution in [-0.4, -0.2) is 50.1 Å². The van der Waals surface area contributed by atoms with Crippen molar-refractivity contribution in [3.05, 3.63) is 41.5 Å². The highest BCUT2D eigenvalue weighted by atomic mass is 16.5. The Bertz CT molecular complexity index is 874. The van der Waals surface area contributed by atoms with E-state index in [4.69, 9.17) is 14.2 Å². The molecule has 0 bridgehead atoms. The molecule has 1 aliphatic carbocycles. The number of ketones is 1. The summed E-state index contributed by atoms with van der Waals surface area (Å²) in [4.78, 5) is 15.5. The zero-order valence-corrected chi connectivity index (χ0v) is 18.6. The summed E-state index contributed by atoms with van der Waals surface area (Å²) in [6.45, 7) is 13.0. The number of carbonyl (C=O) groups is 1. The molecule has 0 atom stereocenters. The first-order chi connectivity index (χ1) is 14.6. The zero-order valence-electron chi connectivity index (χ0n) is 18.6. The van der Waals surface area contributed by atoms with Gasteiger partial charge in [-0.3, -0.25) is 4.79 Å². The lowest BCUT2D eigenvalue weighted by atomic mass is 10.0. The van der Waals surface area contributed by atoms with Crippen LogP contribution in [0.1, 0.15) is 56.5 Å². The van der Waals surface area contributed by atoms with Gasteiger partial charge in [-0.25, -0.2) is 0 Å². The monoisotopic (exact) mass is 411 g/mol. The highest BCUT2D eigenvalue weighted by molar-refractivity contribution is 6.23. The first-order valence-electron chi connectivity index (χ1n) is 11.1. The largest absolute Gasteiger partial charge is 0.493 e. The molecule has 162 valence electrons. The Labute approximate surface area is 179 Å². The Morgan fingerprint density at radius 3 is 2.13 bits per heavy atom. The van der Waals surface area contributed by atoms with E-state index in [1.165, 1.54) is 0 Å². The number of benzene rings is 2. The van der Waals surface area contributed by atoms with Crippen LogP contribution in [0, 0.1) is 0 Å². The van der Waals surface area contributed by atoms with Crippen molar-refractivity contribution in [3.8, 4) is 28.4 Å². The fourth-order valence-corrected chi connectivity index (χ4v) is 3.72. The topological polar surface area (TPSA) is 48.0 Å². The Morgan fingerprint density at radius 1 is 0.767 bits per heavy atom. The molecule has 0 aliphatic heterocycles. The average molecular weight is 412 g/mol. The van der Waals surface area contributed by atoms with E-state index in [1.54, 1.807) is 0 Å². The van der Waals surface area contributed by atoms with Gasteiger partial charge in [-0.05, 0) is 38.1 Å². The highest BCUT2D eigenvalue weighted by Gasteiger charge is 2.33. The predicted octanol–water partition coefficient (Wildman–Crippen LogP) is 5.20. The number of carbonyl (C=O) groups excluding carboxylic acids is 1. The molecular weight excluding hydrogens is 378 g/mol. The van der Waals surface area contributed by atoms with E-state index in [0.717, 1.165) is 49.4 Å². The van der Waals surface area contributed by atoms with Gasteiger partial charge in [-0.2, -0.15) is 0 Å². The molecule has 5 heteroatoms. The van der Waals surface area contributed by atoms with Crippen LogP contribution in [0.5, 0.6) is 17.2 Å². The normalized spacial score (nSPS) is 12.1. The molecule has 0 saturated carbocycles. The molecule has 30 heavy (non-hydrogen) atoms. The second-order valence-corrected chi connectivity index (χ2v) is 7.42. The number of ether oxygens (including phenoxy) is 3. The van der Waals surface area contributed by atoms with E-state index >= 15 is 0 Å². The fourth-order valence-electron chi connectivity index (χ4n) is 3.72. The number of fused-ring (bicyclic) bond motifs is 3. The Morgan fingerprint density at radius 2 is 1.43 bits per heavy atom. The maximum atomic E-state index is 13.2. The summed E-state index contributed by atoms with van der Waals surface area (Å²) in [5.74, 6) is 2.09. The van der Waals surface area contributed by atoms with Gasteiger partial charge in [-0.1, -0.05) is 39.8 Å². The molecule has 2 aromatic rings. The van der Waals surface area contributed by atoms with Gasteiger partial charge in [-0.15, -0.1) is 0 Å². The van der Waals surface area contributed by atoms with Gasteiger partial charge in [0, 0.05) is 34.9 Å². The van der Waals surface area contributed by atoms with Gasteiger partial charge in [0.25, 0.3) is 0 Å². The third kappa shape index (κ3) is 4.62. The van der Waals surface area contributed by atoms with Crippen LogP contribution in [-0.2, 0) is 0 Å². The molecule has 0 heterocycles. The lowest BCUT2D eigenvalue weighted by molar-refractivity contribution is 0.104. The van der Waals surface area contributed by atoms with E-state index in [2.05, 4.69) is 32.6 Å². The van der Waals surface area contributed by atoms with Crippen molar-refractivity contribution in [1.82, 2.24) is 4.90 Å². The first-order valence-corrected chi connectivity index (χ1v) is 11.1. The molecular formula is C25H33NO4. The summed E-state index contributed by atoms with van der Waals surface area (Å²) in [6.07, 6.45) is 1.79. The number of nitrogens with zero attached hydrogens (tertiary/aromatic N) is 1. The maximum absolute atomic E-state index is 13.2. The molecule has 0 saturated heterocycles. The molecule has 0 N–H and O–H groups in total. The summed E-state index contributed by atoms with van der Waals surface area (Å²) in [5.41, 5.74) is 2.96. The summed E-state index contributed by atoms with van der Waals surface area (Å²) in [6, 6.07) is 9.43. The smallest absolute Gasteiger partial charge is 0.194 e. The second kappa shape index (κ2) is 10.5. The highest BCUT2D eigenvalue weighted by Crippen LogP contribution is 2.49. The third-order valence-electron chi connectivity index (χ3n) is 5.34. The van der Waals surface area contributed by atoms with Crippen LogP contribution in [0.3, 0.4) is 0 Å². The van der Waals surface area contributed by atoms with E-state index in [0.29, 0.717) is 42.4 Å². The van der Waals surface area contributed by atoms with Crippen LogP contribution >= 0.6 is 0 Å². The zero-order chi connectivity index (χ0) is 21.5. The molecule has 3 rings (SSSR count). The fraction of sp³-hybridized carbons (Fsp3) is 0.480. The minimum atomic E-state index is -0.00232. The van der Waals surface area contributed by atoms with Crippen LogP contribution < -0.4 is 14.2 Å². The van der Waals surface area contributed by atoms with Crippen LogP contribution in [0.4, 0.5) is 0 Å². The Balaban J connectivity index is 1.98. The number of hydrogen-bond acceptors (Lipinski definition) is 5. The van der Waals surface area contributed by atoms with E-state index < -0.39 is 0 Å². The minimum Gasteiger partial charge on any atom is -0.493 e. The number of likely N-dealkylation sites (N-methyl/N-ethyl adjacent to an activating group) is 1. The van der Waals surface area contributed by atoms with Crippen molar-refractivity contribution in [3.63, 3.8) is 0 Å². The average Bonchev–Trinajstić information content (AvgIpc) is 3.06. The van der Waals surface area contributed by atoms with E-state index in [9.17, 15) is 4.79 Å². The third-order valence-corrected chi connectivity index (χ3v) is 5.34. The van der Waals surface area contributed by atoms with Crippen molar-refractivity contribution in [2.45, 2.75) is 40.5 Å². The first kappa shape index (κ1) is 22.2. The molecule has 0 aromatic heterocycles. The van der Waals surface area contributed by atoms with Gasteiger partial charge in [0.15, 0.2) is 5.78 Å². The SMILES string of the molecule is CCCOc1cc(OCCC)c2c(c1)C(=O)c1cccc(OCCN(CC)CC)c1-2. The molecule has 5 nitrogen and oxygen atoms in total. The summed E-state index contributed by atoms with van der Waals surface area (Å²) >= 11 is 0. The van der Waals surface area contributed by atoms with Gasteiger partial charge in [0.2, 0.25) is 0 Å². The summed E-state index contributed by atoms with van der Waals surface area (Å²) < 4.78 is 18.0. The maximum Gasteiger partial charge on any atom is 0.194 e.